The number of rotatable bonds is 8. The van der Waals surface area contributed by atoms with Crippen LogP contribution < -0.4 is 4.90 Å². The minimum atomic E-state index is 0. The fourth-order valence-electron chi connectivity index (χ4n) is 3.74. The number of benzene rings is 1. The van der Waals surface area contributed by atoms with Gasteiger partial charge >= 0.3 is 0 Å². The van der Waals surface area contributed by atoms with E-state index in [4.69, 9.17) is 0 Å². The van der Waals surface area contributed by atoms with Crippen molar-refractivity contribution in [1.29, 1.82) is 0 Å². The Labute approximate surface area is 183 Å². The molecule has 3 nitrogen and oxygen atoms in total. The quantitative estimate of drug-likeness (QED) is 0.534. The van der Waals surface area contributed by atoms with Crippen molar-refractivity contribution < 1.29 is 0 Å². The van der Waals surface area contributed by atoms with Gasteiger partial charge in [0.15, 0.2) is 0 Å². The molecule has 28 heavy (non-hydrogen) atoms. The topological polar surface area (TPSA) is 19.4 Å². The van der Waals surface area contributed by atoms with E-state index in [1.807, 2.05) is 12.3 Å². The Balaban J connectivity index is 0.00000196. The highest BCUT2D eigenvalue weighted by atomic mass is 35.5. The van der Waals surface area contributed by atoms with Crippen LogP contribution in [0.3, 0.4) is 0 Å². The van der Waals surface area contributed by atoms with E-state index in [9.17, 15) is 0 Å². The van der Waals surface area contributed by atoms with Crippen molar-refractivity contribution in [3.8, 4) is 0 Å². The number of piperazine rings is 1. The lowest BCUT2D eigenvalue weighted by Crippen LogP contribution is -2.47. The maximum absolute atomic E-state index is 4.48. The Morgan fingerprint density at radius 2 is 1.71 bits per heavy atom. The van der Waals surface area contributed by atoms with Crippen LogP contribution in [0.4, 0.5) is 5.82 Å². The van der Waals surface area contributed by atoms with Crippen molar-refractivity contribution in [3.63, 3.8) is 0 Å². The molecule has 2 aromatic rings. The third-order valence-corrected chi connectivity index (χ3v) is 5.53. The van der Waals surface area contributed by atoms with Crippen molar-refractivity contribution in [2.45, 2.75) is 46.0 Å². The van der Waals surface area contributed by atoms with Crippen LogP contribution in [0.5, 0.6) is 0 Å². The van der Waals surface area contributed by atoms with E-state index in [1.165, 1.54) is 36.8 Å². The van der Waals surface area contributed by atoms with Gasteiger partial charge in [0.1, 0.15) is 5.82 Å². The minimum absolute atomic E-state index is 0. The zero-order chi connectivity index (χ0) is 18.2. The van der Waals surface area contributed by atoms with E-state index in [0.29, 0.717) is 0 Å². The standard InChI is InChI=1S/C23H33N3.2ClH/c1-3-4-5-8-22-19-21(11-10-20(22)2)12-14-25-15-17-26(18-16-25)23-9-6-7-13-24-23;;/h6-7,9-11,13,19H,3-5,8,12,14-18H2,1-2H3;2*1H. The summed E-state index contributed by atoms with van der Waals surface area (Å²) in [7, 11) is 0. The molecule has 3 rings (SSSR count). The van der Waals surface area contributed by atoms with Crippen LogP contribution in [-0.4, -0.2) is 42.6 Å². The molecule has 1 aliphatic rings. The van der Waals surface area contributed by atoms with Crippen LogP contribution in [0, 0.1) is 6.92 Å². The molecule has 1 fully saturated rings. The lowest BCUT2D eigenvalue weighted by atomic mass is 9.98. The second-order valence-electron chi connectivity index (χ2n) is 7.48. The van der Waals surface area contributed by atoms with Gasteiger partial charge in [-0.05, 0) is 55.0 Å². The molecule has 1 aromatic heterocycles. The summed E-state index contributed by atoms with van der Waals surface area (Å²) >= 11 is 0. The molecule has 0 atom stereocenters. The Hall–Kier alpha value is -1.29. The molecule has 0 saturated carbocycles. The van der Waals surface area contributed by atoms with Gasteiger partial charge < -0.3 is 4.90 Å². The first kappa shape index (κ1) is 24.7. The molecule has 0 unspecified atom stereocenters. The molecule has 0 N–H and O–H groups in total. The Morgan fingerprint density at radius 1 is 0.929 bits per heavy atom. The van der Waals surface area contributed by atoms with E-state index in [-0.39, 0.29) is 24.8 Å². The highest BCUT2D eigenvalue weighted by Crippen LogP contribution is 2.17. The lowest BCUT2D eigenvalue weighted by Gasteiger charge is -2.35. The normalized spacial score (nSPS) is 14.3. The minimum Gasteiger partial charge on any atom is -0.354 e. The number of unbranched alkanes of at least 4 members (excludes halogenated alkanes) is 2. The van der Waals surface area contributed by atoms with Crippen LogP contribution in [0.25, 0.3) is 0 Å². The maximum atomic E-state index is 4.48. The lowest BCUT2D eigenvalue weighted by molar-refractivity contribution is 0.260. The first-order valence-electron chi connectivity index (χ1n) is 10.2. The fraction of sp³-hybridized carbons (Fsp3) is 0.522. The highest BCUT2D eigenvalue weighted by Gasteiger charge is 2.17. The van der Waals surface area contributed by atoms with Crippen LogP contribution >= 0.6 is 24.8 Å². The molecule has 0 amide bonds. The van der Waals surface area contributed by atoms with Gasteiger partial charge in [-0.3, -0.25) is 4.90 Å². The van der Waals surface area contributed by atoms with Crippen molar-refractivity contribution in [2.24, 2.45) is 0 Å². The zero-order valence-electron chi connectivity index (χ0n) is 17.3. The Morgan fingerprint density at radius 3 is 2.39 bits per heavy atom. The molecular weight excluding hydrogens is 389 g/mol. The maximum Gasteiger partial charge on any atom is 0.128 e. The van der Waals surface area contributed by atoms with E-state index in [0.717, 1.165) is 45.0 Å². The molecule has 0 spiro atoms. The first-order valence-corrected chi connectivity index (χ1v) is 10.2. The van der Waals surface area contributed by atoms with Gasteiger partial charge in [0.2, 0.25) is 0 Å². The monoisotopic (exact) mass is 423 g/mol. The second kappa shape index (κ2) is 13.0. The largest absolute Gasteiger partial charge is 0.354 e. The SMILES string of the molecule is CCCCCc1cc(CCN2CCN(c3ccccn3)CC2)ccc1C.Cl.Cl. The number of anilines is 1. The second-order valence-corrected chi connectivity index (χ2v) is 7.48. The van der Waals surface area contributed by atoms with E-state index in [2.05, 4.69) is 59.0 Å². The summed E-state index contributed by atoms with van der Waals surface area (Å²) in [5, 5.41) is 0. The molecule has 0 radical (unpaired) electrons. The van der Waals surface area contributed by atoms with Crippen LogP contribution in [0.2, 0.25) is 0 Å². The zero-order valence-corrected chi connectivity index (χ0v) is 18.9. The van der Waals surface area contributed by atoms with Crippen molar-refractivity contribution in [1.82, 2.24) is 9.88 Å². The molecule has 0 aliphatic carbocycles. The molecular formula is C23H35Cl2N3. The number of pyridine rings is 1. The molecule has 1 aliphatic heterocycles. The average Bonchev–Trinajstić information content (AvgIpc) is 2.69. The van der Waals surface area contributed by atoms with Gasteiger partial charge in [-0.2, -0.15) is 0 Å². The summed E-state index contributed by atoms with van der Waals surface area (Å²) in [4.78, 5) is 9.47. The molecule has 156 valence electrons. The van der Waals surface area contributed by atoms with Gasteiger partial charge in [0.25, 0.3) is 0 Å². The van der Waals surface area contributed by atoms with Crippen molar-refractivity contribution in [2.75, 3.05) is 37.6 Å². The van der Waals surface area contributed by atoms with Crippen molar-refractivity contribution >= 4 is 30.6 Å². The molecule has 1 aromatic carbocycles. The third kappa shape index (κ3) is 7.27. The van der Waals surface area contributed by atoms with Crippen LogP contribution in [0.15, 0.2) is 42.6 Å². The van der Waals surface area contributed by atoms with E-state index < -0.39 is 0 Å². The van der Waals surface area contributed by atoms with Crippen molar-refractivity contribution in [3.05, 3.63) is 59.3 Å². The summed E-state index contributed by atoms with van der Waals surface area (Å²) in [6, 6.07) is 13.3. The smallest absolute Gasteiger partial charge is 0.128 e. The van der Waals surface area contributed by atoms with Gasteiger partial charge in [0.05, 0.1) is 0 Å². The summed E-state index contributed by atoms with van der Waals surface area (Å²) in [6.45, 7) is 10.1. The predicted molar refractivity (Wildman–Crippen MR) is 125 cm³/mol. The number of hydrogen-bond donors (Lipinski definition) is 0. The fourth-order valence-corrected chi connectivity index (χ4v) is 3.74. The molecule has 5 heteroatoms. The Bertz CT molecular complexity index is 671. The van der Waals surface area contributed by atoms with Gasteiger partial charge in [0, 0.05) is 38.9 Å². The van der Waals surface area contributed by atoms with Crippen LogP contribution in [0.1, 0.15) is 42.9 Å². The number of aromatic nitrogens is 1. The van der Waals surface area contributed by atoms with E-state index in [1.54, 1.807) is 5.56 Å². The van der Waals surface area contributed by atoms with Gasteiger partial charge in [-0.25, -0.2) is 4.98 Å². The summed E-state index contributed by atoms with van der Waals surface area (Å²) in [6.07, 6.45) is 8.22. The highest BCUT2D eigenvalue weighted by molar-refractivity contribution is 5.85. The summed E-state index contributed by atoms with van der Waals surface area (Å²) in [5.41, 5.74) is 4.50. The Kier molecular flexibility index (Phi) is 11.5. The third-order valence-electron chi connectivity index (χ3n) is 5.53. The van der Waals surface area contributed by atoms with E-state index >= 15 is 0 Å². The number of hydrogen-bond acceptors (Lipinski definition) is 3. The van der Waals surface area contributed by atoms with Gasteiger partial charge in [-0.15, -0.1) is 24.8 Å². The van der Waals surface area contributed by atoms with Crippen LogP contribution in [-0.2, 0) is 12.8 Å². The number of nitrogens with zero attached hydrogens (tertiary/aromatic N) is 3. The van der Waals surface area contributed by atoms with Gasteiger partial charge in [-0.1, -0.05) is 44.0 Å². The summed E-state index contributed by atoms with van der Waals surface area (Å²) < 4.78 is 0. The molecule has 1 saturated heterocycles. The summed E-state index contributed by atoms with van der Waals surface area (Å²) in [5.74, 6) is 1.11. The molecule has 2 heterocycles. The average molecular weight is 424 g/mol. The first-order chi connectivity index (χ1) is 12.8. The predicted octanol–water partition coefficient (Wildman–Crippen LogP) is 5.33. The number of halogens is 2. The number of aryl methyl sites for hydroxylation is 2. The molecule has 0 bridgehead atoms.